The normalized spacial score (nSPS) is 14.3. The van der Waals surface area contributed by atoms with Crippen LogP contribution in [0.2, 0.25) is 0 Å². The molecule has 0 bridgehead atoms. The summed E-state index contributed by atoms with van der Waals surface area (Å²) < 4.78 is 0. The minimum atomic E-state index is -0.993. The fourth-order valence-electron chi connectivity index (χ4n) is 4.56. The number of nitrogens with zero attached hydrogens (tertiary/aromatic N) is 1. The minimum Gasteiger partial charge on any atom is -0.478 e. The molecule has 1 fully saturated rings. The number of hydrogen-bond acceptors (Lipinski definition) is 2. The van der Waals surface area contributed by atoms with Gasteiger partial charge >= 0.3 is 5.97 Å². The number of carboxylic acid groups (broad SMARTS) is 1. The summed E-state index contributed by atoms with van der Waals surface area (Å²) in [5.74, 6) is -0.815. The fourth-order valence-corrected chi connectivity index (χ4v) is 4.56. The van der Waals surface area contributed by atoms with E-state index in [9.17, 15) is 9.59 Å². The first-order valence-corrected chi connectivity index (χ1v) is 11.6. The summed E-state index contributed by atoms with van der Waals surface area (Å²) in [6.45, 7) is 0.465. The SMILES string of the molecule is O=C(O)C=Cc1cccc(N(Cc2ccccc2-c2ccccc2)C(=O)C2CCCCC2)c1. The molecule has 0 atom stereocenters. The van der Waals surface area contributed by atoms with E-state index >= 15 is 0 Å². The number of benzene rings is 3. The molecule has 4 rings (SSSR count). The zero-order valence-electron chi connectivity index (χ0n) is 18.7. The number of rotatable bonds is 7. The molecule has 3 aromatic carbocycles. The van der Waals surface area contributed by atoms with Crippen LogP contribution in [0.1, 0.15) is 43.2 Å². The van der Waals surface area contributed by atoms with Gasteiger partial charge in [0.05, 0.1) is 6.54 Å². The van der Waals surface area contributed by atoms with Gasteiger partial charge in [-0.1, -0.05) is 86.0 Å². The molecule has 0 saturated heterocycles. The van der Waals surface area contributed by atoms with Gasteiger partial charge in [-0.3, -0.25) is 4.79 Å². The van der Waals surface area contributed by atoms with Crippen LogP contribution in [0.15, 0.2) is 84.9 Å². The molecule has 0 spiro atoms. The smallest absolute Gasteiger partial charge is 0.328 e. The van der Waals surface area contributed by atoms with Crippen LogP contribution in [0.25, 0.3) is 17.2 Å². The van der Waals surface area contributed by atoms with E-state index in [1.165, 1.54) is 6.42 Å². The second-order valence-corrected chi connectivity index (χ2v) is 8.55. The van der Waals surface area contributed by atoms with Crippen molar-refractivity contribution in [1.29, 1.82) is 0 Å². The van der Waals surface area contributed by atoms with Gasteiger partial charge in [0.25, 0.3) is 0 Å². The number of carbonyl (C=O) groups excluding carboxylic acids is 1. The van der Waals surface area contributed by atoms with Crippen molar-refractivity contribution < 1.29 is 14.7 Å². The Morgan fingerprint density at radius 3 is 2.36 bits per heavy atom. The van der Waals surface area contributed by atoms with Crippen molar-refractivity contribution in [3.8, 4) is 11.1 Å². The molecule has 1 N–H and O–H groups in total. The maximum atomic E-state index is 13.7. The molecule has 0 unspecified atom stereocenters. The summed E-state index contributed by atoms with van der Waals surface area (Å²) in [6, 6.07) is 26.0. The third kappa shape index (κ3) is 5.78. The average molecular weight is 440 g/mol. The third-order valence-electron chi connectivity index (χ3n) is 6.25. The molecule has 0 aliphatic heterocycles. The average Bonchev–Trinajstić information content (AvgIpc) is 2.87. The molecule has 33 heavy (non-hydrogen) atoms. The quantitative estimate of drug-likeness (QED) is 0.424. The number of anilines is 1. The highest BCUT2D eigenvalue weighted by molar-refractivity contribution is 5.96. The van der Waals surface area contributed by atoms with Crippen molar-refractivity contribution in [2.75, 3.05) is 4.90 Å². The van der Waals surface area contributed by atoms with Crippen molar-refractivity contribution >= 4 is 23.6 Å². The maximum absolute atomic E-state index is 13.7. The zero-order chi connectivity index (χ0) is 23.0. The lowest BCUT2D eigenvalue weighted by Gasteiger charge is -2.30. The van der Waals surface area contributed by atoms with Gasteiger partial charge in [0.15, 0.2) is 0 Å². The van der Waals surface area contributed by atoms with Crippen LogP contribution in [0.3, 0.4) is 0 Å². The van der Waals surface area contributed by atoms with Gasteiger partial charge in [-0.15, -0.1) is 0 Å². The molecular formula is C29H29NO3. The lowest BCUT2D eigenvalue weighted by Crippen LogP contribution is -2.36. The van der Waals surface area contributed by atoms with Crippen LogP contribution in [0.5, 0.6) is 0 Å². The molecule has 168 valence electrons. The van der Waals surface area contributed by atoms with Crippen molar-refractivity contribution in [2.45, 2.75) is 38.6 Å². The summed E-state index contributed by atoms with van der Waals surface area (Å²) in [4.78, 5) is 26.6. The number of carbonyl (C=O) groups is 2. The van der Waals surface area contributed by atoms with E-state index in [-0.39, 0.29) is 11.8 Å². The highest BCUT2D eigenvalue weighted by Crippen LogP contribution is 2.31. The molecule has 1 aliphatic rings. The molecule has 4 nitrogen and oxygen atoms in total. The molecule has 4 heteroatoms. The van der Waals surface area contributed by atoms with Crippen LogP contribution in [-0.4, -0.2) is 17.0 Å². The highest BCUT2D eigenvalue weighted by Gasteiger charge is 2.27. The topological polar surface area (TPSA) is 57.6 Å². The van der Waals surface area contributed by atoms with Crippen LogP contribution in [-0.2, 0) is 16.1 Å². The molecule has 1 saturated carbocycles. The molecular weight excluding hydrogens is 410 g/mol. The van der Waals surface area contributed by atoms with Gasteiger partial charge in [0.1, 0.15) is 0 Å². The molecule has 1 aliphatic carbocycles. The predicted molar refractivity (Wildman–Crippen MR) is 133 cm³/mol. The van der Waals surface area contributed by atoms with E-state index in [4.69, 9.17) is 5.11 Å². The highest BCUT2D eigenvalue weighted by atomic mass is 16.4. The molecule has 0 radical (unpaired) electrons. The predicted octanol–water partition coefficient (Wildman–Crippen LogP) is 6.56. The summed E-state index contributed by atoms with van der Waals surface area (Å²) in [5.41, 5.74) is 4.87. The van der Waals surface area contributed by atoms with E-state index < -0.39 is 5.97 Å². The van der Waals surface area contributed by atoms with E-state index in [2.05, 4.69) is 24.3 Å². The number of carboxylic acids is 1. The first-order valence-electron chi connectivity index (χ1n) is 11.6. The van der Waals surface area contributed by atoms with Crippen LogP contribution >= 0.6 is 0 Å². The Labute approximate surface area is 195 Å². The molecule has 1 amide bonds. The van der Waals surface area contributed by atoms with E-state index in [1.807, 2.05) is 59.5 Å². The lowest BCUT2D eigenvalue weighted by molar-refractivity contribution is -0.131. The summed E-state index contributed by atoms with van der Waals surface area (Å²) in [5, 5.41) is 8.99. The fraction of sp³-hybridized carbons (Fsp3) is 0.241. The van der Waals surface area contributed by atoms with Gasteiger partial charge in [0, 0.05) is 17.7 Å². The van der Waals surface area contributed by atoms with Crippen LogP contribution < -0.4 is 4.90 Å². The zero-order valence-corrected chi connectivity index (χ0v) is 18.7. The third-order valence-corrected chi connectivity index (χ3v) is 6.25. The van der Waals surface area contributed by atoms with Gasteiger partial charge in [-0.05, 0) is 53.3 Å². The monoisotopic (exact) mass is 439 g/mol. The summed E-state index contributed by atoms with van der Waals surface area (Å²) in [7, 11) is 0. The van der Waals surface area contributed by atoms with Crippen molar-refractivity contribution in [1.82, 2.24) is 0 Å². The Kier molecular flexibility index (Phi) is 7.36. The van der Waals surface area contributed by atoms with E-state index in [1.54, 1.807) is 6.08 Å². The first kappa shape index (κ1) is 22.5. The minimum absolute atomic E-state index is 0.0286. The Hall–Kier alpha value is -3.66. The molecule has 3 aromatic rings. The van der Waals surface area contributed by atoms with Gasteiger partial charge in [-0.25, -0.2) is 4.79 Å². The van der Waals surface area contributed by atoms with Crippen molar-refractivity contribution in [2.24, 2.45) is 5.92 Å². The van der Waals surface area contributed by atoms with Gasteiger partial charge in [0.2, 0.25) is 5.91 Å². The van der Waals surface area contributed by atoms with Gasteiger partial charge < -0.3 is 10.0 Å². The summed E-state index contributed by atoms with van der Waals surface area (Å²) in [6.07, 6.45) is 7.90. The second-order valence-electron chi connectivity index (χ2n) is 8.55. The Morgan fingerprint density at radius 1 is 0.879 bits per heavy atom. The Bertz CT molecular complexity index is 1130. The summed E-state index contributed by atoms with van der Waals surface area (Å²) >= 11 is 0. The van der Waals surface area contributed by atoms with Crippen molar-refractivity contribution in [3.05, 3.63) is 96.1 Å². The van der Waals surface area contributed by atoms with E-state index in [0.29, 0.717) is 6.54 Å². The largest absolute Gasteiger partial charge is 0.478 e. The van der Waals surface area contributed by atoms with E-state index in [0.717, 1.165) is 59.7 Å². The first-order chi connectivity index (χ1) is 16.1. The Balaban J connectivity index is 1.71. The number of aliphatic carboxylic acids is 1. The van der Waals surface area contributed by atoms with Crippen molar-refractivity contribution in [3.63, 3.8) is 0 Å². The number of amides is 1. The van der Waals surface area contributed by atoms with Crippen LogP contribution in [0, 0.1) is 5.92 Å². The second kappa shape index (κ2) is 10.8. The Morgan fingerprint density at radius 2 is 1.61 bits per heavy atom. The molecule has 0 heterocycles. The number of hydrogen-bond donors (Lipinski definition) is 1. The maximum Gasteiger partial charge on any atom is 0.328 e. The van der Waals surface area contributed by atoms with Crippen LogP contribution in [0.4, 0.5) is 5.69 Å². The van der Waals surface area contributed by atoms with Gasteiger partial charge in [-0.2, -0.15) is 0 Å². The molecule has 0 aromatic heterocycles. The lowest BCUT2D eigenvalue weighted by atomic mass is 9.88. The standard InChI is InChI=1S/C29H29NO3/c31-28(32)19-18-22-10-9-16-26(20-22)30(29(33)24-13-5-2-6-14-24)21-25-15-7-8-17-27(25)23-11-3-1-4-12-23/h1,3-4,7-12,15-20,24H,2,5-6,13-14,21H2,(H,31,32).